The molecule has 0 unspecified atom stereocenters. The first-order valence-electron chi connectivity index (χ1n) is 5.80. The van der Waals surface area contributed by atoms with Gasteiger partial charge in [0, 0.05) is 11.7 Å². The molecule has 1 saturated carbocycles. The summed E-state index contributed by atoms with van der Waals surface area (Å²) in [6.07, 6.45) is 3.45. The normalized spacial score (nSPS) is 15.4. The van der Waals surface area contributed by atoms with Crippen molar-refractivity contribution >= 4 is 11.7 Å². The summed E-state index contributed by atoms with van der Waals surface area (Å²) in [5, 5.41) is 5.90. The Balaban J connectivity index is 1.99. The fourth-order valence-electron chi connectivity index (χ4n) is 1.90. The zero-order valence-corrected chi connectivity index (χ0v) is 9.84. The number of carbonyl (C=O) groups is 1. The molecule has 1 aliphatic rings. The topological polar surface area (TPSA) is 41.1 Å². The van der Waals surface area contributed by atoms with Crippen molar-refractivity contribution in [2.24, 2.45) is 0 Å². The number of urea groups is 1. The van der Waals surface area contributed by atoms with Gasteiger partial charge < -0.3 is 10.6 Å². The van der Waals surface area contributed by atoms with E-state index in [2.05, 4.69) is 10.6 Å². The molecule has 2 amide bonds. The molecule has 2 rings (SSSR count). The van der Waals surface area contributed by atoms with Crippen LogP contribution in [0.25, 0.3) is 0 Å². The highest BCUT2D eigenvalue weighted by atomic mass is 16.2. The number of anilines is 1. The average molecular weight is 218 g/mol. The minimum Gasteiger partial charge on any atom is -0.335 e. The van der Waals surface area contributed by atoms with Crippen molar-refractivity contribution in [1.29, 1.82) is 0 Å². The highest BCUT2D eigenvalue weighted by molar-refractivity contribution is 5.91. The number of hydrogen-bond acceptors (Lipinski definition) is 1. The number of benzene rings is 1. The van der Waals surface area contributed by atoms with Crippen LogP contribution in [0.4, 0.5) is 10.5 Å². The van der Waals surface area contributed by atoms with Crippen molar-refractivity contribution in [2.75, 3.05) is 5.32 Å². The molecule has 0 heterocycles. The van der Waals surface area contributed by atoms with E-state index in [0.29, 0.717) is 6.04 Å². The highest BCUT2D eigenvalue weighted by Crippen LogP contribution is 2.21. The van der Waals surface area contributed by atoms with Crippen LogP contribution in [-0.4, -0.2) is 12.1 Å². The fourth-order valence-corrected chi connectivity index (χ4v) is 1.90. The zero-order chi connectivity index (χ0) is 11.5. The van der Waals surface area contributed by atoms with E-state index in [1.54, 1.807) is 0 Å². The van der Waals surface area contributed by atoms with Gasteiger partial charge in [-0.25, -0.2) is 4.79 Å². The van der Waals surface area contributed by atoms with E-state index < -0.39 is 0 Å². The van der Waals surface area contributed by atoms with Crippen molar-refractivity contribution in [2.45, 2.75) is 39.2 Å². The van der Waals surface area contributed by atoms with Gasteiger partial charge >= 0.3 is 6.03 Å². The molecule has 1 aliphatic carbocycles. The standard InChI is InChI=1S/C13H18N2O/c1-9-5-3-6-10(2)12(9)15-13(16)14-11-7-4-8-11/h3,5-6,11H,4,7-8H2,1-2H3,(H2,14,15,16). The Morgan fingerprint density at radius 3 is 2.38 bits per heavy atom. The van der Waals surface area contributed by atoms with Crippen LogP contribution in [0.15, 0.2) is 18.2 Å². The molecule has 1 aromatic rings. The summed E-state index contributed by atoms with van der Waals surface area (Å²) in [5.74, 6) is 0. The van der Waals surface area contributed by atoms with E-state index in [-0.39, 0.29) is 6.03 Å². The molecule has 0 atom stereocenters. The van der Waals surface area contributed by atoms with Crippen LogP contribution in [0.5, 0.6) is 0 Å². The molecule has 1 fully saturated rings. The smallest absolute Gasteiger partial charge is 0.319 e. The number of para-hydroxylation sites is 1. The monoisotopic (exact) mass is 218 g/mol. The third kappa shape index (κ3) is 2.35. The van der Waals surface area contributed by atoms with Crippen LogP contribution < -0.4 is 10.6 Å². The van der Waals surface area contributed by atoms with Crippen molar-refractivity contribution < 1.29 is 4.79 Å². The lowest BCUT2D eigenvalue weighted by atomic mass is 9.93. The Hall–Kier alpha value is -1.51. The first kappa shape index (κ1) is 11.0. The van der Waals surface area contributed by atoms with Gasteiger partial charge in [-0.2, -0.15) is 0 Å². The second-order valence-corrected chi connectivity index (χ2v) is 4.49. The summed E-state index contributed by atoms with van der Waals surface area (Å²) in [6.45, 7) is 4.01. The average Bonchev–Trinajstić information content (AvgIpc) is 2.18. The quantitative estimate of drug-likeness (QED) is 0.787. The van der Waals surface area contributed by atoms with E-state index in [1.807, 2.05) is 32.0 Å². The predicted molar refractivity (Wildman–Crippen MR) is 65.7 cm³/mol. The van der Waals surface area contributed by atoms with Gasteiger partial charge in [-0.05, 0) is 44.2 Å². The van der Waals surface area contributed by atoms with Gasteiger partial charge in [-0.15, -0.1) is 0 Å². The Morgan fingerprint density at radius 1 is 1.25 bits per heavy atom. The molecule has 0 saturated heterocycles. The van der Waals surface area contributed by atoms with Crippen molar-refractivity contribution in [3.63, 3.8) is 0 Å². The summed E-state index contributed by atoms with van der Waals surface area (Å²) in [5.41, 5.74) is 3.13. The number of aryl methyl sites for hydroxylation is 2. The first-order valence-corrected chi connectivity index (χ1v) is 5.80. The van der Waals surface area contributed by atoms with E-state index in [4.69, 9.17) is 0 Å². The van der Waals surface area contributed by atoms with Crippen molar-refractivity contribution in [3.05, 3.63) is 29.3 Å². The molecule has 0 radical (unpaired) electrons. The number of carbonyl (C=O) groups excluding carboxylic acids is 1. The lowest BCUT2D eigenvalue weighted by Crippen LogP contribution is -2.42. The van der Waals surface area contributed by atoms with Crippen LogP contribution in [0.3, 0.4) is 0 Å². The number of amides is 2. The molecular formula is C13H18N2O. The van der Waals surface area contributed by atoms with Crippen LogP contribution in [-0.2, 0) is 0 Å². The largest absolute Gasteiger partial charge is 0.335 e. The van der Waals surface area contributed by atoms with Crippen molar-refractivity contribution in [1.82, 2.24) is 5.32 Å². The van der Waals surface area contributed by atoms with Gasteiger partial charge in [0.1, 0.15) is 0 Å². The minimum absolute atomic E-state index is 0.0814. The van der Waals surface area contributed by atoms with E-state index in [1.165, 1.54) is 6.42 Å². The Morgan fingerprint density at radius 2 is 1.88 bits per heavy atom. The van der Waals surface area contributed by atoms with Gasteiger partial charge in [0.25, 0.3) is 0 Å². The Kier molecular flexibility index (Phi) is 3.13. The summed E-state index contributed by atoms with van der Waals surface area (Å²) < 4.78 is 0. The molecule has 3 nitrogen and oxygen atoms in total. The summed E-state index contributed by atoms with van der Waals surface area (Å²) in [7, 11) is 0. The molecule has 0 spiro atoms. The molecular weight excluding hydrogens is 200 g/mol. The predicted octanol–water partition coefficient (Wildman–Crippen LogP) is 2.98. The molecule has 86 valence electrons. The van der Waals surface area contributed by atoms with Gasteiger partial charge in [0.15, 0.2) is 0 Å². The second kappa shape index (κ2) is 4.56. The summed E-state index contributed by atoms with van der Waals surface area (Å²) >= 11 is 0. The number of nitrogens with one attached hydrogen (secondary N) is 2. The maximum Gasteiger partial charge on any atom is 0.319 e. The molecule has 2 N–H and O–H groups in total. The van der Waals surface area contributed by atoms with Crippen LogP contribution in [0.1, 0.15) is 30.4 Å². The molecule has 0 bridgehead atoms. The molecule has 0 aliphatic heterocycles. The molecule has 16 heavy (non-hydrogen) atoms. The summed E-state index contributed by atoms with van der Waals surface area (Å²) in [4.78, 5) is 11.7. The maximum absolute atomic E-state index is 11.7. The van der Waals surface area contributed by atoms with Crippen LogP contribution in [0, 0.1) is 13.8 Å². The van der Waals surface area contributed by atoms with Crippen molar-refractivity contribution in [3.8, 4) is 0 Å². The third-order valence-electron chi connectivity index (χ3n) is 3.16. The zero-order valence-electron chi connectivity index (χ0n) is 9.84. The SMILES string of the molecule is Cc1cccc(C)c1NC(=O)NC1CCC1. The van der Waals surface area contributed by atoms with Gasteiger partial charge in [-0.1, -0.05) is 18.2 Å². The van der Waals surface area contributed by atoms with Gasteiger partial charge in [0.05, 0.1) is 0 Å². The van der Waals surface area contributed by atoms with E-state index in [0.717, 1.165) is 29.7 Å². The highest BCUT2D eigenvalue weighted by Gasteiger charge is 2.19. The molecule has 0 aromatic heterocycles. The maximum atomic E-state index is 11.7. The van der Waals surface area contributed by atoms with Crippen LogP contribution in [0.2, 0.25) is 0 Å². The van der Waals surface area contributed by atoms with Gasteiger partial charge in [-0.3, -0.25) is 0 Å². The minimum atomic E-state index is -0.0814. The van der Waals surface area contributed by atoms with Gasteiger partial charge in [0.2, 0.25) is 0 Å². The second-order valence-electron chi connectivity index (χ2n) is 4.49. The fraction of sp³-hybridized carbons (Fsp3) is 0.462. The van der Waals surface area contributed by atoms with Crippen LogP contribution >= 0.6 is 0 Å². The van der Waals surface area contributed by atoms with E-state index >= 15 is 0 Å². The Labute approximate surface area is 96.2 Å². The summed E-state index contributed by atoms with van der Waals surface area (Å²) in [6, 6.07) is 6.31. The Bertz CT molecular complexity index is 377. The first-order chi connectivity index (χ1) is 7.66. The number of rotatable bonds is 2. The lowest BCUT2D eigenvalue weighted by molar-refractivity contribution is 0.240. The molecule has 3 heteroatoms. The third-order valence-corrected chi connectivity index (χ3v) is 3.16. The lowest BCUT2D eigenvalue weighted by Gasteiger charge is -2.26. The molecule has 1 aromatic carbocycles. The number of hydrogen-bond donors (Lipinski definition) is 2. The van der Waals surface area contributed by atoms with E-state index in [9.17, 15) is 4.79 Å².